The van der Waals surface area contributed by atoms with Gasteiger partial charge >= 0.3 is 7.60 Å². The predicted octanol–water partition coefficient (Wildman–Crippen LogP) is -0.840. The maximum absolute atomic E-state index is 10.7. The molecule has 0 rings (SSSR count). The number of carboxylic acid groups (broad SMARTS) is 1. The standard InChI is InChI=1S/C5H13O5PSi/c1-12(2,3)5(4(6)7)11(8,9)10/h5H,1-3H3,(H,6,7)(H2,8,9,10)/p-1. The third kappa shape index (κ3) is 3.06. The van der Waals surface area contributed by atoms with E-state index >= 15 is 0 Å². The molecule has 0 saturated heterocycles. The van der Waals surface area contributed by atoms with Gasteiger partial charge < -0.3 is 19.7 Å². The van der Waals surface area contributed by atoms with E-state index in [-0.39, 0.29) is 0 Å². The van der Waals surface area contributed by atoms with Crippen LogP contribution in [0.4, 0.5) is 0 Å². The van der Waals surface area contributed by atoms with Crippen LogP contribution in [-0.2, 0) is 9.36 Å². The summed E-state index contributed by atoms with van der Waals surface area (Å²) >= 11 is 0. The van der Waals surface area contributed by atoms with E-state index in [0.717, 1.165) is 0 Å². The van der Waals surface area contributed by atoms with E-state index in [1.165, 1.54) is 0 Å². The van der Waals surface area contributed by atoms with Gasteiger partial charge in [0.2, 0.25) is 0 Å². The summed E-state index contributed by atoms with van der Waals surface area (Å²) in [5.41, 5.74) is 0. The molecule has 0 aromatic heterocycles. The zero-order valence-corrected chi connectivity index (χ0v) is 9.04. The van der Waals surface area contributed by atoms with Crippen LogP contribution in [0.25, 0.3) is 0 Å². The van der Waals surface area contributed by atoms with Crippen molar-refractivity contribution in [2.75, 3.05) is 0 Å². The molecule has 0 spiro atoms. The molecule has 0 heterocycles. The summed E-state index contributed by atoms with van der Waals surface area (Å²) in [7, 11) is -6.96. The van der Waals surface area contributed by atoms with Crippen LogP contribution in [0.3, 0.4) is 0 Å². The Balaban J connectivity index is 4.96. The predicted molar refractivity (Wildman–Crippen MR) is 44.2 cm³/mol. The van der Waals surface area contributed by atoms with Gasteiger partial charge in [0.25, 0.3) is 0 Å². The van der Waals surface area contributed by atoms with Gasteiger partial charge in [-0.15, -0.1) is 0 Å². The largest absolute Gasteiger partial charge is 0.549 e. The highest BCUT2D eigenvalue weighted by molar-refractivity contribution is 7.57. The van der Waals surface area contributed by atoms with Crippen LogP contribution in [0.1, 0.15) is 0 Å². The Kier molecular flexibility index (Phi) is 3.25. The number of carbonyl (C=O) groups excluding carboxylic acids is 1. The van der Waals surface area contributed by atoms with E-state index in [1.807, 2.05) is 0 Å². The third-order valence-corrected chi connectivity index (χ3v) is 7.47. The van der Waals surface area contributed by atoms with Crippen molar-refractivity contribution >= 4 is 21.6 Å². The van der Waals surface area contributed by atoms with Crippen LogP contribution in [0.5, 0.6) is 0 Å². The first kappa shape index (κ1) is 11.8. The van der Waals surface area contributed by atoms with E-state index in [0.29, 0.717) is 0 Å². The lowest BCUT2D eigenvalue weighted by Crippen LogP contribution is -2.50. The minimum Gasteiger partial charge on any atom is -0.549 e. The van der Waals surface area contributed by atoms with E-state index in [9.17, 15) is 14.5 Å². The number of hydrogen-bond donors (Lipinski definition) is 2. The Morgan fingerprint density at radius 1 is 1.42 bits per heavy atom. The average molecular weight is 211 g/mol. The lowest BCUT2D eigenvalue weighted by molar-refractivity contribution is -0.303. The molecule has 0 bridgehead atoms. The van der Waals surface area contributed by atoms with Gasteiger partial charge in [0.1, 0.15) is 0 Å². The van der Waals surface area contributed by atoms with Gasteiger partial charge in [-0.2, -0.15) is 0 Å². The number of carbonyl (C=O) groups is 1. The van der Waals surface area contributed by atoms with E-state index < -0.39 is 26.9 Å². The first-order chi connectivity index (χ1) is 5.07. The van der Waals surface area contributed by atoms with Crippen LogP contribution < -0.4 is 5.11 Å². The summed E-state index contributed by atoms with van der Waals surface area (Å²) in [5.74, 6) is -1.65. The Morgan fingerprint density at radius 2 is 1.75 bits per heavy atom. The molecule has 0 aromatic rings. The minimum absolute atomic E-state index is 1.58. The van der Waals surface area contributed by atoms with Crippen LogP contribution in [0, 0.1) is 0 Å². The van der Waals surface area contributed by atoms with Crippen LogP contribution in [0.15, 0.2) is 0 Å². The summed E-state index contributed by atoms with van der Waals surface area (Å²) in [6.45, 7) is 4.73. The molecule has 0 radical (unpaired) electrons. The summed E-state index contributed by atoms with van der Waals surface area (Å²) in [6, 6.07) is 0. The molecule has 1 unspecified atom stereocenters. The highest BCUT2D eigenvalue weighted by atomic mass is 31.2. The zero-order valence-electron chi connectivity index (χ0n) is 7.14. The van der Waals surface area contributed by atoms with Gasteiger partial charge in [0.05, 0.1) is 19.3 Å². The lowest BCUT2D eigenvalue weighted by Gasteiger charge is -2.29. The highest BCUT2D eigenvalue weighted by Gasteiger charge is 2.41. The molecule has 1 atom stereocenters. The Morgan fingerprint density at radius 3 is 1.75 bits per heavy atom. The van der Waals surface area contributed by atoms with Gasteiger partial charge in [-0.1, -0.05) is 19.6 Å². The molecule has 7 heteroatoms. The molecule has 5 nitrogen and oxygen atoms in total. The smallest absolute Gasteiger partial charge is 0.331 e. The Bertz CT molecular complexity index is 226. The fraction of sp³-hybridized carbons (Fsp3) is 0.800. The second-order valence-corrected chi connectivity index (χ2v) is 11.2. The fourth-order valence-corrected chi connectivity index (χ4v) is 6.01. The molecule has 0 aliphatic heterocycles. The summed E-state index contributed by atoms with van der Waals surface area (Å²) < 4.78 is 10.7. The number of hydrogen-bond acceptors (Lipinski definition) is 3. The monoisotopic (exact) mass is 211 g/mol. The van der Waals surface area contributed by atoms with Crippen molar-refractivity contribution in [3.8, 4) is 0 Å². The topological polar surface area (TPSA) is 97.7 Å². The quantitative estimate of drug-likeness (QED) is 0.468. The normalized spacial score (nSPS) is 15.8. The number of carboxylic acids is 1. The molecule has 0 aliphatic carbocycles. The van der Waals surface area contributed by atoms with E-state index in [1.54, 1.807) is 19.6 Å². The molecular weight excluding hydrogens is 199 g/mol. The molecular formula is C5H12O5PSi-. The molecule has 2 N–H and O–H groups in total. The van der Waals surface area contributed by atoms with Gasteiger partial charge in [0.15, 0.2) is 0 Å². The average Bonchev–Trinajstić information content (AvgIpc) is 1.49. The second kappa shape index (κ2) is 3.30. The second-order valence-electron chi connectivity index (χ2n) is 3.68. The van der Waals surface area contributed by atoms with Gasteiger partial charge in [-0.3, -0.25) is 4.57 Å². The van der Waals surface area contributed by atoms with Gasteiger partial charge in [0, 0.05) is 0 Å². The van der Waals surface area contributed by atoms with Crippen molar-refractivity contribution in [3.63, 3.8) is 0 Å². The molecule has 0 aliphatic rings. The highest BCUT2D eigenvalue weighted by Crippen LogP contribution is 2.45. The van der Waals surface area contributed by atoms with Crippen molar-refractivity contribution in [2.24, 2.45) is 0 Å². The molecule has 0 amide bonds. The minimum atomic E-state index is -4.55. The van der Waals surface area contributed by atoms with Crippen molar-refractivity contribution in [2.45, 2.75) is 24.9 Å². The third-order valence-electron chi connectivity index (χ3n) is 1.38. The SMILES string of the molecule is C[Si](C)(C)C(C(=O)[O-])P(=O)(O)O. The maximum Gasteiger partial charge on any atom is 0.331 e. The van der Waals surface area contributed by atoms with Crippen LogP contribution >= 0.6 is 7.60 Å². The van der Waals surface area contributed by atoms with E-state index in [2.05, 4.69) is 0 Å². The van der Waals surface area contributed by atoms with Crippen LogP contribution in [0.2, 0.25) is 19.6 Å². The fourth-order valence-electron chi connectivity index (χ4n) is 0.995. The summed E-state index contributed by atoms with van der Waals surface area (Å²) in [4.78, 5) is 27.8. The Hall–Kier alpha value is -0.163. The lowest BCUT2D eigenvalue weighted by atomic mass is 10.8. The van der Waals surface area contributed by atoms with Crippen molar-refractivity contribution < 1.29 is 24.3 Å². The first-order valence-corrected chi connectivity index (χ1v) is 8.59. The molecule has 0 saturated carbocycles. The zero-order chi connectivity index (χ0) is 10.2. The first-order valence-electron chi connectivity index (χ1n) is 3.33. The molecule has 12 heavy (non-hydrogen) atoms. The van der Waals surface area contributed by atoms with E-state index in [4.69, 9.17) is 9.79 Å². The van der Waals surface area contributed by atoms with Crippen LogP contribution in [-0.4, -0.2) is 29.1 Å². The maximum atomic E-state index is 10.7. The van der Waals surface area contributed by atoms with Crippen molar-refractivity contribution in [1.82, 2.24) is 0 Å². The summed E-state index contributed by atoms with van der Waals surface area (Å²) in [5, 5.41) is 8.82. The molecule has 72 valence electrons. The molecule has 0 aromatic carbocycles. The van der Waals surface area contributed by atoms with Gasteiger partial charge in [-0.25, -0.2) is 0 Å². The number of aliphatic carboxylic acids is 1. The summed E-state index contributed by atoms with van der Waals surface area (Å²) in [6.07, 6.45) is 0. The Labute approximate surface area is 71.6 Å². The van der Waals surface area contributed by atoms with Gasteiger partial charge in [-0.05, 0) is 0 Å². The van der Waals surface area contributed by atoms with Crippen molar-refractivity contribution in [1.29, 1.82) is 0 Å². The number of rotatable bonds is 3. The van der Waals surface area contributed by atoms with Crippen molar-refractivity contribution in [3.05, 3.63) is 0 Å². The molecule has 0 fully saturated rings.